The van der Waals surface area contributed by atoms with Gasteiger partial charge in [0.2, 0.25) is 0 Å². The number of nitrogens with one attached hydrogen (secondary N) is 2. The summed E-state index contributed by atoms with van der Waals surface area (Å²) in [5.41, 5.74) is 0.319. The van der Waals surface area contributed by atoms with Gasteiger partial charge in [-0.15, -0.1) is 0 Å². The lowest BCUT2D eigenvalue weighted by atomic mass is 10.2. The monoisotopic (exact) mass is 335 g/mol. The highest BCUT2D eigenvalue weighted by atomic mass is 35.5. The first-order valence-corrected chi connectivity index (χ1v) is 6.99. The lowest BCUT2D eigenvalue weighted by Crippen LogP contribution is -2.24. The molecular formula is C15H11Cl2N3O2. The maximum absolute atomic E-state index is 11.9. The van der Waals surface area contributed by atoms with Crippen molar-refractivity contribution in [2.75, 3.05) is 5.32 Å². The number of nitrogens with zero attached hydrogens (tertiary/aromatic N) is 1. The molecule has 1 heterocycles. The van der Waals surface area contributed by atoms with Crippen LogP contribution in [-0.4, -0.2) is 5.91 Å². The minimum absolute atomic E-state index is 0.109. The van der Waals surface area contributed by atoms with E-state index in [1.807, 2.05) is 6.07 Å². The van der Waals surface area contributed by atoms with Crippen LogP contribution in [0.25, 0.3) is 0 Å². The maximum Gasteiger partial charge on any atom is 0.263 e. The van der Waals surface area contributed by atoms with Gasteiger partial charge in [0.05, 0.1) is 28.5 Å². The van der Waals surface area contributed by atoms with E-state index in [9.17, 15) is 4.79 Å². The van der Waals surface area contributed by atoms with E-state index in [0.717, 1.165) is 0 Å². The van der Waals surface area contributed by atoms with Gasteiger partial charge >= 0.3 is 0 Å². The fraction of sp³-hybridized carbons (Fsp3) is 0.0667. The molecule has 0 spiro atoms. The standard InChI is InChI=1S/C15H11Cl2N3O2/c16-12-4-1-5-13(17)14(12)19-8-10(7-18)15(21)20-9-11-3-2-6-22-11/h1-6,8,19H,9H2,(H,20,21)/b10-8-. The molecular weight excluding hydrogens is 325 g/mol. The summed E-state index contributed by atoms with van der Waals surface area (Å²) in [6, 6.07) is 10.2. The molecule has 22 heavy (non-hydrogen) atoms. The van der Waals surface area contributed by atoms with Crippen LogP contribution in [0.1, 0.15) is 5.76 Å². The minimum Gasteiger partial charge on any atom is -0.467 e. The minimum atomic E-state index is -0.533. The van der Waals surface area contributed by atoms with Gasteiger partial charge in [0.15, 0.2) is 0 Å². The maximum atomic E-state index is 11.9. The molecule has 0 aliphatic heterocycles. The zero-order chi connectivity index (χ0) is 15.9. The number of carbonyl (C=O) groups excluding carboxylic acids is 1. The number of carbonyl (C=O) groups is 1. The second-order valence-electron chi connectivity index (χ2n) is 4.17. The molecule has 1 amide bonds. The van der Waals surface area contributed by atoms with Gasteiger partial charge in [0, 0.05) is 6.20 Å². The van der Waals surface area contributed by atoms with Crippen LogP contribution in [0.4, 0.5) is 5.69 Å². The van der Waals surface area contributed by atoms with Crippen LogP contribution in [0, 0.1) is 11.3 Å². The quantitative estimate of drug-likeness (QED) is 0.644. The molecule has 0 fully saturated rings. The number of anilines is 1. The van der Waals surface area contributed by atoms with Gasteiger partial charge in [-0.25, -0.2) is 0 Å². The Labute approximate surface area is 137 Å². The zero-order valence-corrected chi connectivity index (χ0v) is 12.8. The molecule has 5 nitrogen and oxygen atoms in total. The first-order chi connectivity index (χ1) is 10.6. The Kier molecular flexibility index (Phi) is 5.48. The van der Waals surface area contributed by atoms with Crippen LogP contribution in [0.5, 0.6) is 0 Å². The van der Waals surface area contributed by atoms with E-state index < -0.39 is 5.91 Å². The third-order valence-corrected chi connectivity index (χ3v) is 3.32. The normalized spacial score (nSPS) is 10.9. The molecule has 0 aliphatic carbocycles. The van der Waals surface area contributed by atoms with Crippen molar-refractivity contribution in [1.29, 1.82) is 5.26 Å². The van der Waals surface area contributed by atoms with Crippen molar-refractivity contribution in [3.63, 3.8) is 0 Å². The Morgan fingerprint density at radius 2 is 2.00 bits per heavy atom. The summed E-state index contributed by atoms with van der Waals surface area (Å²) in [5, 5.41) is 15.2. The Morgan fingerprint density at radius 1 is 1.27 bits per heavy atom. The van der Waals surface area contributed by atoms with E-state index in [0.29, 0.717) is 21.5 Å². The van der Waals surface area contributed by atoms with Crippen molar-refractivity contribution >= 4 is 34.8 Å². The van der Waals surface area contributed by atoms with E-state index in [4.69, 9.17) is 32.9 Å². The Bertz CT molecular complexity index is 713. The van der Waals surface area contributed by atoms with Crippen LogP contribution in [-0.2, 0) is 11.3 Å². The zero-order valence-electron chi connectivity index (χ0n) is 11.3. The summed E-state index contributed by atoms with van der Waals surface area (Å²) in [4.78, 5) is 11.9. The highest BCUT2D eigenvalue weighted by Gasteiger charge is 2.10. The Balaban J connectivity index is 2.04. The molecule has 0 aliphatic rings. The fourth-order valence-electron chi connectivity index (χ4n) is 1.60. The lowest BCUT2D eigenvalue weighted by molar-refractivity contribution is -0.117. The molecule has 2 aromatic rings. The van der Waals surface area contributed by atoms with E-state index in [1.165, 1.54) is 12.5 Å². The SMILES string of the molecule is N#C/C(=C/Nc1c(Cl)cccc1Cl)C(=O)NCc1ccco1. The largest absolute Gasteiger partial charge is 0.467 e. The summed E-state index contributed by atoms with van der Waals surface area (Å²) in [7, 11) is 0. The summed E-state index contributed by atoms with van der Waals surface area (Å²) >= 11 is 12.0. The van der Waals surface area contributed by atoms with Crippen molar-refractivity contribution in [3.05, 3.63) is 64.2 Å². The highest BCUT2D eigenvalue weighted by molar-refractivity contribution is 6.39. The van der Waals surface area contributed by atoms with Crippen molar-refractivity contribution in [1.82, 2.24) is 5.32 Å². The molecule has 7 heteroatoms. The molecule has 2 rings (SSSR count). The molecule has 112 valence electrons. The second kappa shape index (κ2) is 7.55. The Morgan fingerprint density at radius 3 is 2.59 bits per heavy atom. The average Bonchev–Trinajstić information content (AvgIpc) is 3.01. The first-order valence-electron chi connectivity index (χ1n) is 6.23. The number of rotatable bonds is 5. The van der Waals surface area contributed by atoms with Crippen LogP contribution in [0.3, 0.4) is 0 Å². The second-order valence-corrected chi connectivity index (χ2v) is 4.99. The van der Waals surface area contributed by atoms with Crippen LogP contribution in [0.15, 0.2) is 52.8 Å². The molecule has 0 saturated heterocycles. The number of benzene rings is 1. The van der Waals surface area contributed by atoms with Gasteiger partial charge in [-0.1, -0.05) is 29.3 Å². The first kappa shape index (κ1) is 16.0. The number of halogens is 2. The van der Waals surface area contributed by atoms with Gasteiger partial charge in [-0.3, -0.25) is 4.79 Å². The lowest BCUT2D eigenvalue weighted by Gasteiger charge is -2.07. The number of amides is 1. The van der Waals surface area contributed by atoms with Crippen molar-refractivity contribution in [3.8, 4) is 6.07 Å². The number of nitriles is 1. The van der Waals surface area contributed by atoms with Crippen LogP contribution < -0.4 is 10.6 Å². The predicted molar refractivity (Wildman–Crippen MR) is 84.3 cm³/mol. The number of hydrogen-bond acceptors (Lipinski definition) is 4. The van der Waals surface area contributed by atoms with Crippen LogP contribution >= 0.6 is 23.2 Å². The highest BCUT2D eigenvalue weighted by Crippen LogP contribution is 2.29. The van der Waals surface area contributed by atoms with E-state index in [-0.39, 0.29) is 12.1 Å². The summed E-state index contributed by atoms with van der Waals surface area (Å²) in [5.74, 6) is 0.0577. The topological polar surface area (TPSA) is 78.1 Å². The summed E-state index contributed by atoms with van der Waals surface area (Å²) in [6.07, 6.45) is 2.76. The van der Waals surface area contributed by atoms with Crippen LogP contribution in [0.2, 0.25) is 10.0 Å². The summed E-state index contributed by atoms with van der Waals surface area (Å²) in [6.45, 7) is 0.192. The molecule has 0 unspecified atom stereocenters. The van der Waals surface area contributed by atoms with Gasteiger partial charge in [-0.05, 0) is 24.3 Å². The smallest absolute Gasteiger partial charge is 0.263 e. The molecule has 2 N–H and O–H groups in total. The third-order valence-electron chi connectivity index (χ3n) is 2.69. The van der Waals surface area contributed by atoms with Gasteiger partial charge in [0.1, 0.15) is 17.4 Å². The molecule has 0 radical (unpaired) electrons. The van der Waals surface area contributed by atoms with E-state index >= 15 is 0 Å². The third kappa shape index (κ3) is 4.04. The molecule has 0 atom stereocenters. The molecule has 1 aromatic carbocycles. The number of hydrogen-bond donors (Lipinski definition) is 2. The van der Waals surface area contributed by atoms with E-state index in [2.05, 4.69) is 10.6 Å². The van der Waals surface area contributed by atoms with Crippen molar-refractivity contribution < 1.29 is 9.21 Å². The van der Waals surface area contributed by atoms with Gasteiger partial charge in [0.25, 0.3) is 5.91 Å². The predicted octanol–water partition coefficient (Wildman–Crippen LogP) is 3.72. The van der Waals surface area contributed by atoms with E-state index in [1.54, 1.807) is 30.3 Å². The van der Waals surface area contributed by atoms with Gasteiger partial charge < -0.3 is 15.1 Å². The van der Waals surface area contributed by atoms with Crippen molar-refractivity contribution in [2.45, 2.75) is 6.54 Å². The Hall–Kier alpha value is -2.42. The molecule has 0 bridgehead atoms. The summed E-state index contributed by atoms with van der Waals surface area (Å²) < 4.78 is 5.09. The van der Waals surface area contributed by atoms with Gasteiger partial charge in [-0.2, -0.15) is 5.26 Å². The number of furan rings is 1. The average molecular weight is 336 g/mol. The number of para-hydroxylation sites is 1. The molecule has 1 aromatic heterocycles. The fourth-order valence-corrected chi connectivity index (χ4v) is 2.11. The van der Waals surface area contributed by atoms with Crippen molar-refractivity contribution in [2.24, 2.45) is 0 Å². The molecule has 0 saturated carbocycles.